The van der Waals surface area contributed by atoms with Gasteiger partial charge in [0.15, 0.2) is 11.5 Å². The lowest BCUT2D eigenvalue weighted by atomic mass is 10.2. The molecule has 0 aliphatic rings. The van der Waals surface area contributed by atoms with Gasteiger partial charge in [0.2, 0.25) is 5.95 Å². The summed E-state index contributed by atoms with van der Waals surface area (Å²) in [4.78, 5) is 8.89. The fourth-order valence-corrected chi connectivity index (χ4v) is 2.48. The minimum Gasteiger partial charge on any atom is -0.368 e. The summed E-state index contributed by atoms with van der Waals surface area (Å²) < 4.78 is 1.56. The Morgan fingerprint density at radius 1 is 1.41 bits per heavy atom. The molecule has 0 amide bonds. The molecule has 2 heterocycles. The van der Waals surface area contributed by atoms with Crippen molar-refractivity contribution in [2.75, 3.05) is 18.8 Å². The van der Waals surface area contributed by atoms with E-state index in [4.69, 9.17) is 17.3 Å². The number of fused-ring (bicyclic) bond motifs is 3. The van der Waals surface area contributed by atoms with Crippen LogP contribution in [0.2, 0.25) is 5.02 Å². The van der Waals surface area contributed by atoms with Crippen LogP contribution in [-0.2, 0) is 6.42 Å². The molecule has 3 N–H and O–H groups in total. The largest absolute Gasteiger partial charge is 0.368 e. The summed E-state index contributed by atoms with van der Waals surface area (Å²) in [5, 5.41) is 9.10. The molecule has 2 aromatic heterocycles. The molecular weight excluding hydrogens is 300 g/mol. The quantitative estimate of drug-likeness (QED) is 0.557. The number of benzene rings is 1. The molecule has 114 valence electrons. The van der Waals surface area contributed by atoms with Crippen molar-refractivity contribution in [2.45, 2.75) is 13.3 Å². The molecule has 0 unspecified atom stereocenters. The molecule has 0 atom stereocenters. The maximum absolute atomic E-state index is 6.17. The highest BCUT2D eigenvalue weighted by Crippen LogP contribution is 2.25. The van der Waals surface area contributed by atoms with E-state index < -0.39 is 0 Å². The number of hydrogen-bond acceptors (Lipinski definition) is 5. The van der Waals surface area contributed by atoms with Crippen LogP contribution >= 0.6 is 11.6 Å². The van der Waals surface area contributed by atoms with E-state index in [1.807, 2.05) is 19.1 Å². The van der Waals surface area contributed by atoms with Gasteiger partial charge in [-0.25, -0.2) is 9.97 Å². The Balaban J connectivity index is 1.95. The van der Waals surface area contributed by atoms with Crippen molar-refractivity contribution in [3.8, 4) is 0 Å². The molecule has 0 fully saturated rings. The fraction of sp³-hybridized carbons (Fsp3) is 0.267. The van der Waals surface area contributed by atoms with Crippen molar-refractivity contribution < 1.29 is 0 Å². The first-order chi connectivity index (χ1) is 10.6. The SMILES string of the molecule is C=C(C)CNCCc1nc2c3cccc(Cl)c3nc(N)n2n1. The predicted octanol–water partition coefficient (Wildman–Crippen LogP) is 2.22. The van der Waals surface area contributed by atoms with Gasteiger partial charge in [-0.1, -0.05) is 29.8 Å². The molecule has 7 heteroatoms. The number of halogens is 1. The van der Waals surface area contributed by atoms with E-state index >= 15 is 0 Å². The molecule has 0 spiro atoms. The number of aromatic nitrogens is 4. The van der Waals surface area contributed by atoms with Gasteiger partial charge < -0.3 is 11.1 Å². The number of nitrogens with zero attached hydrogens (tertiary/aromatic N) is 4. The minimum absolute atomic E-state index is 0.282. The Kier molecular flexibility index (Phi) is 3.96. The van der Waals surface area contributed by atoms with E-state index in [0.717, 1.165) is 29.9 Å². The second kappa shape index (κ2) is 5.90. The van der Waals surface area contributed by atoms with Crippen molar-refractivity contribution in [3.63, 3.8) is 0 Å². The van der Waals surface area contributed by atoms with E-state index in [0.29, 0.717) is 22.6 Å². The molecule has 3 rings (SSSR count). The van der Waals surface area contributed by atoms with Crippen molar-refractivity contribution in [1.29, 1.82) is 0 Å². The van der Waals surface area contributed by atoms with Crippen LogP contribution in [-0.4, -0.2) is 32.7 Å². The Bertz CT molecular complexity index is 854. The van der Waals surface area contributed by atoms with Gasteiger partial charge in [0.05, 0.1) is 10.5 Å². The number of anilines is 1. The molecule has 0 saturated heterocycles. The Labute approximate surface area is 133 Å². The van der Waals surface area contributed by atoms with Crippen molar-refractivity contribution >= 4 is 34.1 Å². The molecule has 1 aromatic carbocycles. The average molecular weight is 317 g/mol. The topological polar surface area (TPSA) is 81.1 Å². The van der Waals surface area contributed by atoms with Crippen LogP contribution in [0.5, 0.6) is 0 Å². The monoisotopic (exact) mass is 316 g/mol. The Morgan fingerprint density at radius 2 is 2.23 bits per heavy atom. The highest BCUT2D eigenvalue weighted by molar-refractivity contribution is 6.35. The molecule has 22 heavy (non-hydrogen) atoms. The summed E-state index contributed by atoms with van der Waals surface area (Å²) in [7, 11) is 0. The Morgan fingerprint density at radius 3 is 3.00 bits per heavy atom. The molecule has 0 aliphatic heterocycles. The number of hydrogen-bond donors (Lipinski definition) is 2. The second-order valence-electron chi connectivity index (χ2n) is 5.25. The highest BCUT2D eigenvalue weighted by atomic mass is 35.5. The number of nitrogens with two attached hydrogens (primary N) is 1. The van der Waals surface area contributed by atoms with Crippen LogP contribution in [0.1, 0.15) is 12.7 Å². The van der Waals surface area contributed by atoms with E-state index in [1.165, 1.54) is 0 Å². The molecular formula is C15H17ClN6. The lowest BCUT2D eigenvalue weighted by molar-refractivity contribution is 0.705. The summed E-state index contributed by atoms with van der Waals surface area (Å²) in [6, 6.07) is 5.57. The minimum atomic E-state index is 0.282. The van der Waals surface area contributed by atoms with Crippen LogP contribution in [0.15, 0.2) is 30.4 Å². The maximum atomic E-state index is 6.17. The third-order valence-electron chi connectivity index (χ3n) is 3.27. The summed E-state index contributed by atoms with van der Waals surface area (Å²) >= 11 is 6.17. The zero-order chi connectivity index (χ0) is 15.7. The maximum Gasteiger partial charge on any atom is 0.223 e. The second-order valence-corrected chi connectivity index (χ2v) is 5.66. The first kappa shape index (κ1) is 14.7. The van der Waals surface area contributed by atoms with E-state index in [2.05, 4.69) is 27.0 Å². The third-order valence-corrected chi connectivity index (χ3v) is 3.58. The lowest BCUT2D eigenvalue weighted by Gasteiger charge is -2.03. The van der Waals surface area contributed by atoms with Crippen LogP contribution < -0.4 is 11.1 Å². The zero-order valence-electron chi connectivity index (χ0n) is 12.3. The lowest BCUT2D eigenvalue weighted by Crippen LogP contribution is -2.19. The summed E-state index contributed by atoms with van der Waals surface area (Å²) in [6.45, 7) is 7.40. The zero-order valence-corrected chi connectivity index (χ0v) is 13.1. The number of nitrogens with one attached hydrogen (secondary N) is 1. The van der Waals surface area contributed by atoms with Crippen molar-refractivity contribution in [1.82, 2.24) is 24.9 Å². The fourth-order valence-electron chi connectivity index (χ4n) is 2.27. The van der Waals surface area contributed by atoms with Crippen molar-refractivity contribution in [3.05, 3.63) is 41.2 Å². The Hall–Kier alpha value is -2.18. The van der Waals surface area contributed by atoms with Crippen molar-refractivity contribution in [2.24, 2.45) is 0 Å². The molecule has 6 nitrogen and oxygen atoms in total. The number of nitrogen functional groups attached to an aromatic ring is 1. The molecule has 0 aliphatic carbocycles. The van der Waals surface area contributed by atoms with Gasteiger partial charge in [-0.05, 0) is 19.1 Å². The molecule has 0 saturated carbocycles. The summed E-state index contributed by atoms with van der Waals surface area (Å²) in [6.07, 6.45) is 0.705. The van der Waals surface area contributed by atoms with E-state index in [1.54, 1.807) is 10.6 Å². The smallest absolute Gasteiger partial charge is 0.223 e. The number of rotatable bonds is 5. The van der Waals surface area contributed by atoms with E-state index in [-0.39, 0.29) is 5.95 Å². The van der Waals surface area contributed by atoms with Gasteiger partial charge in [0, 0.05) is 24.9 Å². The van der Waals surface area contributed by atoms with Crippen LogP contribution in [0.4, 0.5) is 5.95 Å². The predicted molar refractivity (Wildman–Crippen MR) is 89.1 cm³/mol. The molecule has 0 radical (unpaired) electrons. The first-order valence-electron chi connectivity index (χ1n) is 7.00. The van der Waals surface area contributed by atoms with Gasteiger partial charge in [-0.3, -0.25) is 0 Å². The third kappa shape index (κ3) is 2.75. The molecule has 3 aromatic rings. The van der Waals surface area contributed by atoms with Gasteiger partial charge in [-0.15, -0.1) is 5.10 Å². The average Bonchev–Trinajstić information content (AvgIpc) is 2.90. The standard InChI is InChI=1S/C15H17ClN6/c1-9(2)8-18-7-6-12-19-14-10-4-3-5-11(16)13(10)20-15(17)22(14)21-12/h3-5,18H,1,6-8H2,2H3,(H2,17,20). The van der Waals surface area contributed by atoms with E-state index in [9.17, 15) is 0 Å². The van der Waals surface area contributed by atoms with Crippen LogP contribution in [0.25, 0.3) is 16.6 Å². The highest BCUT2D eigenvalue weighted by Gasteiger charge is 2.13. The summed E-state index contributed by atoms with van der Waals surface area (Å²) in [5.74, 6) is 0.999. The van der Waals surface area contributed by atoms with Crippen LogP contribution in [0.3, 0.4) is 0 Å². The normalized spacial score (nSPS) is 11.4. The summed E-state index contributed by atoms with van der Waals surface area (Å²) in [5.41, 5.74) is 8.38. The number of para-hydroxylation sites is 1. The van der Waals surface area contributed by atoms with Gasteiger partial charge in [0.1, 0.15) is 0 Å². The molecule has 0 bridgehead atoms. The van der Waals surface area contributed by atoms with Gasteiger partial charge in [0.25, 0.3) is 0 Å². The van der Waals surface area contributed by atoms with Gasteiger partial charge >= 0.3 is 0 Å². The van der Waals surface area contributed by atoms with Gasteiger partial charge in [-0.2, -0.15) is 4.52 Å². The first-order valence-corrected chi connectivity index (χ1v) is 7.38. The van der Waals surface area contributed by atoms with Crippen LogP contribution in [0, 0.1) is 0 Å².